The molecule has 2 heterocycles. The van der Waals surface area contributed by atoms with Crippen molar-refractivity contribution in [1.82, 2.24) is 14.1 Å². The lowest BCUT2D eigenvalue weighted by Crippen LogP contribution is -2.37. The SMILES string of the molecule is COc1cccc(NC(=O)c2ccc3c(=O)n(C)c(=O)n(C)c3n2)c1. The van der Waals surface area contributed by atoms with Gasteiger partial charge in [-0.3, -0.25) is 18.7 Å². The Morgan fingerprint density at radius 2 is 1.88 bits per heavy atom. The number of amides is 1. The molecule has 3 rings (SSSR count). The second-order valence-electron chi connectivity index (χ2n) is 5.46. The maximum absolute atomic E-state index is 12.4. The molecule has 0 fully saturated rings. The van der Waals surface area contributed by atoms with Crippen LogP contribution in [-0.2, 0) is 14.1 Å². The van der Waals surface area contributed by atoms with Gasteiger partial charge in [-0.15, -0.1) is 0 Å². The lowest BCUT2D eigenvalue weighted by molar-refractivity contribution is 0.102. The monoisotopic (exact) mass is 340 g/mol. The molecule has 1 aromatic carbocycles. The van der Waals surface area contributed by atoms with Gasteiger partial charge in [0.1, 0.15) is 17.1 Å². The maximum atomic E-state index is 12.4. The third kappa shape index (κ3) is 2.89. The van der Waals surface area contributed by atoms with Crippen molar-refractivity contribution in [2.24, 2.45) is 14.1 Å². The predicted octanol–water partition coefficient (Wildman–Crippen LogP) is 0.893. The summed E-state index contributed by atoms with van der Waals surface area (Å²) in [7, 11) is 4.43. The van der Waals surface area contributed by atoms with Crippen molar-refractivity contribution in [2.45, 2.75) is 0 Å². The van der Waals surface area contributed by atoms with Crippen LogP contribution in [0, 0.1) is 0 Å². The third-order valence-corrected chi connectivity index (χ3v) is 3.86. The fourth-order valence-corrected chi connectivity index (χ4v) is 2.48. The summed E-state index contributed by atoms with van der Waals surface area (Å²) in [5.41, 5.74) is -0.158. The van der Waals surface area contributed by atoms with Crippen LogP contribution in [0.3, 0.4) is 0 Å². The molecule has 25 heavy (non-hydrogen) atoms. The van der Waals surface area contributed by atoms with Crippen LogP contribution in [0.4, 0.5) is 5.69 Å². The van der Waals surface area contributed by atoms with Gasteiger partial charge < -0.3 is 10.1 Å². The Kier molecular flexibility index (Phi) is 4.10. The van der Waals surface area contributed by atoms with E-state index in [2.05, 4.69) is 10.3 Å². The lowest BCUT2D eigenvalue weighted by atomic mass is 10.2. The van der Waals surface area contributed by atoms with Crippen molar-refractivity contribution >= 4 is 22.6 Å². The van der Waals surface area contributed by atoms with Gasteiger partial charge >= 0.3 is 5.69 Å². The number of hydrogen-bond donors (Lipinski definition) is 1. The summed E-state index contributed by atoms with van der Waals surface area (Å²) in [4.78, 5) is 40.8. The van der Waals surface area contributed by atoms with E-state index in [1.165, 1.54) is 37.9 Å². The standard InChI is InChI=1S/C17H16N4O4/c1-20-14-12(16(23)21(2)17(20)24)7-8-13(19-14)15(22)18-10-5-4-6-11(9-10)25-3/h4-9H,1-3H3,(H,18,22). The number of nitrogens with zero attached hydrogens (tertiary/aromatic N) is 3. The van der Waals surface area contributed by atoms with Crippen molar-refractivity contribution < 1.29 is 9.53 Å². The van der Waals surface area contributed by atoms with E-state index < -0.39 is 17.2 Å². The summed E-state index contributed by atoms with van der Waals surface area (Å²) in [6, 6.07) is 9.83. The van der Waals surface area contributed by atoms with E-state index in [9.17, 15) is 14.4 Å². The lowest BCUT2D eigenvalue weighted by Gasteiger charge is -2.09. The van der Waals surface area contributed by atoms with Gasteiger partial charge in [-0.2, -0.15) is 0 Å². The average molecular weight is 340 g/mol. The van der Waals surface area contributed by atoms with Gasteiger partial charge in [-0.25, -0.2) is 9.78 Å². The average Bonchev–Trinajstić information content (AvgIpc) is 2.64. The molecule has 0 spiro atoms. The molecule has 0 aliphatic carbocycles. The van der Waals surface area contributed by atoms with Crippen molar-refractivity contribution in [2.75, 3.05) is 12.4 Å². The van der Waals surface area contributed by atoms with E-state index in [4.69, 9.17) is 4.74 Å². The number of carbonyl (C=O) groups excluding carboxylic acids is 1. The zero-order chi connectivity index (χ0) is 18.1. The summed E-state index contributed by atoms with van der Waals surface area (Å²) >= 11 is 0. The molecule has 128 valence electrons. The highest BCUT2D eigenvalue weighted by Gasteiger charge is 2.14. The first kappa shape index (κ1) is 16.4. The molecular formula is C17H16N4O4. The van der Waals surface area contributed by atoms with Crippen LogP contribution in [0.1, 0.15) is 10.5 Å². The van der Waals surface area contributed by atoms with Crippen LogP contribution in [0.25, 0.3) is 11.0 Å². The van der Waals surface area contributed by atoms with Gasteiger partial charge in [0.15, 0.2) is 0 Å². The predicted molar refractivity (Wildman–Crippen MR) is 93.2 cm³/mol. The minimum atomic E-state index is -0.504. The number of nitrogens with one attached hydrogen (secondary N) is 1. The number of benzene rings is 1. The highest BCUT2D eigenvalue weighted by molar-refractivity contribution is 6.03. The molecular weight excluding hydrogens is 324 g/mol. The first-order valence-corrected chi connectivity index (χ1v) is 7.44. The summed E-state index contributed by atoms with van der Waals surface area (Å²) in [6.45, 7) is 0. The number of hydrogen-bond acceptors (Lipinski definition) is 5. The van der Waals surface area contributed by atoms with E-state index in [0.29, 0.717) is 11.4 Å². The zero-order valence-electron chi connectivity index (χ0n) is 13.9. The number of methoxy groups -OCH3 is 1. The third-order valence-electron chi connectivity index (χ3n) is 3.86. The van der Waals surface area contributed by atoms with E-state index in [1.54, 1.807) is 24.3 Å². The molecule has 0 saturated carbocycles. The number of aromatic nitrogens is 3. The smallest absolute Gasteiger partial charge is 0.332 e. The van der Waals surface area contributed by atoms with Gasteiger partial charge in [0, 0.05) is 25.8 Å². The van der Waals surface area contributed by atoms with Crippen LogP contribution in [0.15, 0.2) is 46.0 Å². The molecule has 0 saturated heterocycles. The molecule has 0 unspecified atom stereocenters. The Morgan fingerprint density at radius 3 is 2.60 bits per heavy atom. The maximum Gasteiger partial charge on any atom is 0.332 e. The Bertz CT molecular complexity index is 1100. The molecule has 8 nitrogen and oxygen atoms in total. The summed E-state index contributed by atoms with van der Waals surface area (Å²) in [5, 5.41) is 2.97. The molecule has 1 amide bonds. The second-order valence-corrected chi connectivity index (χ2v) is 5.46. The number of ether oxygens (including phenoxy) is 1. The molecule has 8 heteroatoms. The topological polar surface area (TPSA) is 95.2 Å². The highest BCUT2D eigenvalue weighted by atomic mass is 16.5. The van der Waals surface area contributed by atoms with E-state index in [0.717, 1.165) is 4.57 Å². The number of anilines is 1. The van der Waals surface area contributed by atoms with E-state index in [1.807, 2.05) is 0 Å². The quantitative estimate of drug-likeness (QED) is 0.764. The van der Waals surface area contributed by atoms with Crippen molar-refractivity contribution in [3.05, 3.63) is 62.9 Å². The van der Waals surface area contributed by atoms with Gasteiger partial charge in [-0.05, 0) is 24.3 Å². The minimum absolute atomic E-state index is 0.0959. The molecule has 0 atom stereocenters. The molecule has 0 aliphatic rings. The fourth-order valence-electron chi connectivity index (χ4n) is 2.48. The van der Waals surface area contributed by atoms with Gasteiger partial charge in [0.2, 0.25) is 0 Å². The van der Waals surface area contributed by atoms with Crippen LogP contribution >= 0.6 is 0 Å². The van der Waals surface area contributed by atoms with Gasteiger partial charge in [0.25, 0.3) is 11.5 Å². The highest BCUT2D eigenvalue weighted by Crippen LogP contribution is 2.17. The largest absolute Gasteiger partial charge is 0.497 e. The Balaban J connectivity index is 2.03. The molecule has 2 aromatic heterocycles. The fraction of sp³-hybridized carbons (Fsp3) is 0.176. The number of pyridine rings is 1. The molecule has 3 aromatic rings. The van der Waals surface area contributed by atoms with Crippen LogP contribution < -0.4 is 21.3 Å². The zero-order valence-corrected chi connectivity index (χ0v) is 13.9. The van der Waals surface area contributed by atoms with Crippen molar-refractivity contribution in [3.8, 4) is 5.75 Å². The summed E-state index contributed by atoms with van der Waals surface area (Å²) < 4.78 is 7.35. The first-order valence-electron chi connectivity index (χ1n) is 7.44. The van der Waals surface area contributed by atoms with E-state index in [-0.39, 0.29) is 16.7 Å². The van der Waals surface area contributed by atoms with Crippen LogP contribution in [-0.4, -0.2) is 27.1 Å². The number of carbonyl (C=O) groups is 1. The molecule has 0 radical (unpaired) electrons. The molecule has 0 bridgehead atoms. The van der Waals surface area contributed by atoms with Crippen molar-refractivity contribution in [3.63, 3.8) is 0 Å². The van der Waals surface area contributed by atoms with Crippen molar-refractivity contribution in [1.29, 1.82) is 0 Å². The summed E-state index contributed by atoms with van der Waals surface area (Å²) in [5.74, 6) is 0.151. The molecule has 1 N–H and O–H groups in total. The number of fused-ring (bicyclic) bond motifs is 1. The van der Waals surface area contributed by atoms with Gasteiger partial charge in [-0.1, -0.05) is 6.07 Å². The van der Waals surface area contributed by atoms with Gasteiger partial charge in [0.05, 0.1) is 12.5 Å². The number of rotatable bonds is 3. The first-order chi connectivity index (χ1) is 11.9. The van der Waals surface area contributed by atoms with Crippen LogP contribution in [0.2, 0.25) is 0 Å². The second kappa shape index (κ2) is 6.23. The van der Waals surface area contributed by atoms with E-state index >= 15 is 0 Å². The number of aryl methyl sites for hydroxylation is 1. The Hall–Kier alpha value is -3.42. The van der Waals surface area contributed by atoms with Crippen LogP contribution in [0.5, 0.6) is 5.75 Å². The molecule has 0 aliphatic heterocycles. The normalized spacial score (nSPS) is 10.7. The Morgan fingerprint density at radius 1 is 1.12 bits per heavy atom. The Labute approximate surface area is 142 Å². The minimum Gasteiger partial charge on any atom is -0.497 e. The summed E-state index contributed by atoms with van der Waals surface area (Å²) in [6.07, 6.45) is 0.